The van der Waals surface area contributed by atoms with Gasteiger partial charge >= 0.3 is 5.69 Å². The van der Waals surface area contributed by atoms with Crippen LogP contribution >= 0.6 is 15.9 Å². The maximum absolute atomic E-state index is 13.5. The predicted molar refractivity (Wildman–Crippen MR) is 76.4 cm³/mol. The average Bonchev–Trinajstić information content (AvgIpc) is 3.28. The Morgan fingerprint density at radius 1 is 1.67 bits per heavy atom. The Kier molecular flexibility index (Phi) is 4.44. The van der Waals surface area contributed by atoms with E-state index in [-0.39, 0.29) is 28.4 Å². The molecule has 0 radical (unpaired) electrons. The van der Waals surface area contributed by atoms with Gasteiger partial charge in [-0.2, -0.15) is 5.26 Å². The third kappa shape index (κ3) is 3.14. The zero-order chi connectivity index (χ0) is 15.6. The zero-order valence-electron chi connectivity index (χ0n) is 11.2. The van der Waals surface area contributed by atoms with E-state index in [4.69, 9.17) is 4.74 Å². The minimum atomic E-state index is -0.905. The Bertz CT molecular complexity index is 615. The Morgan fingerprint density at radius 3 is 2.81 bits per heavy atom. The van der Waals surface area contributed by atoms with E-state index in [0.717, 1.165) is 25.0 Å². The fourth-order valence-electron chi connectivity index (χ4n) is 2.12. The van der Waals surface area contributed by atoms with Gasteiger partial charge in [0.2, 0.25) is 0 Å². The van der Waals surface area contributed by atoms with Crippen molar-refractivity contribution >= 4 is 21.6 Å². The van der Waals surface area contributed by atoms with Crippen molar-refractivity contribution in [3.05, 3.63) is 32.5 Å². The highest BCUT2D eigenvalue weighted by molar-refractivity contribution is 9.10. The average molecular weight is 358 g/mol. The summed E-state index contributed by atoms with van der Waals surface area (Å²) in [7, 11) is 1.64. The molecule has 1 aliphatic rings. The summed E-state index contributed by atoms with van der Waals surface area (Å²) in [6, 6.07) is 4.17. The van der Waals surface area contributed by atoms with Crippen LogP contribution in [0.1, 0.15) is 12.8 Å². The van der Waals surface area contributed by atoms with Gasteiger partial charge in [0, 0.05) is 12.1 Å². The van der Waals surface area contributed by atoms with Crippen molar-refractivity contribution in [3.8, 4) is 11.8 Å². The second kappa shape index (κ2) is 5.95. The first-order valence-corrected chi connectivity index (χ1v) is 7.09. The standard InChI is InChI=1S/C13H13BrFN3O3/c1-17-13(6-16,8-2-3-8)7-21-12-5-10(15)9(14)4-11(12)18(19)20/h4-5,8,17H,2-3,7H2,1H3. The Morgan fingerprint density at radius 2 is 2.33 bits per heavy atom. The van der Waals surface area contributed by atoms with Crippen molar-refractivity contribution < 1.29 is 14.1 Å². The van der Waals surface area contributed by atoms with Crippen molar-refractivity contribution in [3.63, 3.8) is 0 Å². The summed E-state index contributed by atoms with van der Waals surface area (Å²) < 4.78 is 18.9. The van der Waals surface area contributed by atoms with Crippen LogP contribution < -0.4 is 10.1 Å². The van der Waals surface area contributed by atoms with Crippen LogP contribution in [0.3, 0.4) is 0 Å². The van der Waals surface area contributed by atoms with Gasteiger partial charge in [0.1, 0.15) is 18.0 Å². The lowest BCUT2D eigenvalue weighted by Gasteiger charge is -2.25. The van der Waals surface area contributed by atoms with Crippen molar-refractivity contribution in [1.29, 1.82) is 5.26 Å². The first kappa shape index (κ1) is 15.7. The summed E-state index contributed by atoms with van der Waals surface area (Å²) in [5.41, 5.74) is -1.25. The number of benzene rings is 1. The molecular formula is C13H13BrFN3O3. The van der Waals surface area contributed by atoms with E-state index in [0.29, 0.717) is 0 Å². The number of nitrogens with one attached hydrogen (secondary N) is 1. The highest BCUT2D eigenvalue weighted by atomic mass is 79.9. The third-order valence-corrected chi connectivity index (χ3v) is 4.18. The molecule has 0 bridgehead atoms. The van der Waals surface area contributed by atoms with E-state index in [9.17, 15) is 19.8 Å². The van der Waals surface area contributed by atoms with Gasteiger partial charge in [-0.25, -0.2) is 4.39 Å². The monoisotopic (exact) mass is 357 g/mol. The molecular weight excluding hydrogens is 345 g/mol. The van der Waals surface area contributed by atoms with E-state index in [1.165, 1.54) is 0 Å². The van der Waals surface area contributed by atoms with Crippen LogP contribution in [-0.4, -0.2) is 24.1 Å². The van der Waals surface area contributed by atoms with Gasteiger partial charge in [-0.05, 0) is 41.7 Å². The lowest BCUT2D eigenvalue weighted by Crippen LogP contribution is -2.49. The molecule has 1 aromatic rings. The van der Waals surface area contributed by atoms with E-state index < -0.39 is 16.3 Å². The molecule has 8 heteroatoms. The van der Waals surface area contributed by atoms with Crippen molar-refractivity contribution in [2.75, 3.05) is 13.7 Å². The van der Waals surface area contributed by atoms with E-state index in [1.807, 2.05) is 0 Å². The van der Waals surface area contributed by atoms with Crippen molar-refractivity contribution in [2.24, 2.45) is 5.92 Å². The van der Waals surface area contributed by atoms with Crippen molar-refractivity contribution in [1.82, 2.24) is 5.32 Å². The molecule has 1 unspecified atom stereocenters. The number of nitriles is 1. The molecule has 1 fully saturated rings. The Hall–Kier alpha value is -1.72. The third-order valence-electron chi connectivity index (χ3n) is 3.57. The van der Waals surface area contributed by atoms with Gasteiger partial charge in [0.25, 0.3) is 0 Å². The number of nitro groups is 1. The topological polar surface area (TPSA) is 88.2 Å². The van der Waals surface area contributed by atoms with Gasteiger partial charge in [-0.3, -0.25) is 15.4 Å². The van der Waals surface area contributed by atoms with E-state index >= 15 is 0 Å². The Labute approximate surface area is 129 Å². The van der Waals surface area contributed by atoms with Crippen LogP contribution in [0.5, 0.6) is 5.75 Å². The van der Waals surface area contributed by atoms with Gasteiger partial charge < -0.3 is 4.74 Å². The number of nitrogens with zero attached hydrogens (tertiary/aromatic N) is 2. The molecule has 0 aromatic heterocycles. The molecule has 2 rings (SSSR count). The number of hydrogen-bond donors (Lipinski definition) is 1. The number of halogens is 2. The molecule has 0 amide bonds. The molecule has 21 heavy (non-hydrogen) atoms. The zero-order valence-corrected chi connectivity index (χ0v) is 12.8. The SMILES string of the molecule is CNC(C#N)(COc1cc(F)c(Br)cc1[N+](=O)[O-])C1CC1. The normalized spacial score (nSPS) is 16.9. The second-order valence-corrected chi connectivity index (χ2v) is 5.74. The summed E-state index contributed by atoms with van der Waals surface area (Å²) in [6.07, 6.45) is 1.79. The maximum atomic E-state index is 13.5. The summed E-state index contributed by atoms with van der Waals surface area (Å²) in [6.45, 7) is -0.0768. The number of nitro benzene ring substituents is 1. The maximum Gasteiger partial charge on any atom is 0.312 e. The van der Waals surface area contributed by atoms with Crippen LogP contribution in [0.2, 0.25) is 0 Å². The molecule has 1 aliphatic carbocycles. The molecule has 0 heterocycles. The molecule has 1 N–H and O–H groups in total. The molecule has 6 nitrogen and oxygen atoms in total. The molecule has 112 valence electrons. The molecule has 0 saturated heterocycles. The summed E-state index contributed by atoms with van der Waals surface area (Å²) in [4.78, 5) is 10.3. The predicted octanol–water partition coefficient (Wildman–Crippen LogP) is 2.77. The smallest absolute Gasteiger partial charge is 0.312 e. The van der Waals surface area contributed by atoms with Crippen LogP contribution in [0, 0.1) is 33.2 Å². The van der Waals surface area contributed by atoms with Gasteiger partial charge in [0.15, 0.2) is 5.75 Å². The van der Waals surface area contributed by atoms with Gasteiger partial charge in [-0.15, -0.1) is 0 Å². The molecule has 1 atom stereocenters. The molecule has 0 aliphatic heterocycles. The lowest BCUT2D eigenvalue weighted by atomic mass is 9.96. The number of rotatable bonds is 6. The lowest BCUT2D eigenvalue weighted by molar-refractivity contribution is -0.386. The Balaban J connectivity index is 2.25. The molecule has 0 spiro atoms. The molecule has 1 saturated carbocycles. The first-order valence-electron chi connectivity index (χ1n) is 6.30. The van der Waals surface area contributed by atoms with E-state index in [1.54, 1.807) is 7.05 Å². The van der Waals surface area contributed by atoms with Crippen LogP contribution in [0.4, 0.5) is 10.1 Å². The van der Waals surface area contributed by atoms with Crippen LogP contribution in [0.15, 0.2) is 16.6 Å². The molecule has 1 aromatic carbocycles. The minimum Gasteiger partial charge on any atom is -0.484 e. The minimum absolute atomic E-state index is 0.0103. The van der Waals surface area contributed by atoms with E-state index in [2.05, 4.69) is 27.3 Å². The summed E-state index contributed by atoms with van der Waals surface area (Å²) >= 11 is 2.90. The quantitative estimate of drug-likeness (QED) is 0.624. The van der Waals surface area contributed by atoms with Gasteiger partial charge in [0.05, 0.1) is 15.5 Å². The summed E-state index contributed by atoms with van der Waals surface area (Å²) in [5.74, 6) is -0.697. The van der Waals surface area contributed by atoms with Crippen LogP contribution in [0.25, 0.3) is 0 Å². The van der Waals surface area contributed by atoms with Crippen molar-refractivity contribution in [2.45, 2.75) is 18.4 Å². The fraction of sp³-hybridized carbons (Fsp3) is 0.462. The second-order valence-electron chi connectivity index (χ2n) is 4.89. The summed E-state index contributed by atoms with van der Waals surface area (Å²) in [5, 5.41) is 23.2. The number of hydrogen-bond acceptors (Lipinski definition) is 5. The van der Waals surface area contributed by atoms with Gasteiger partial charge in [-0.1, -0.05) is 0 Å². The first-order chi connectivity index (χ1) is 9.93. The highest BCUT2D eigenvalue weighted by Gasteiger charge is 2.45. The fourth-order valence-corrected chi connectivity index (χ4v) is 2.45. The number of likely N-dealkylation sites (N-methyl/N-ethyl adjacent to an activating group) is 1. The largest absolute Gasteiger partial charge is 0.484 e. The number of ether oxygens (including phenoxy) is 1. The highest BCUT2D eigenvalue weighted by Crippen LogP contribution is 2.40. The van der Waals surface area contributed by atoms with Crippen LogP contribution in [-0.2, 0) is 0 Å².